The Morgan fingerprint density at radius 1 is 1.13 bits per heavy atom. The van der Waals surface area contributed by atoms with E-state index in [9.17, 15) is 4.79 Å². The number of rotatable bonds is 4. The molecule has 7 heteroatoms. The maximum absolute atomic E-state index is 12.2. The normalized spacial score (nSPS) is 10.3. The van der Waals surface area contributed by atoms with Crippen molar-refractivity contribution in [2.45, 2.75) is 13.8 Å². The van der Waals surface area contributed by atoms with Gasteiger partial charge in [-0.2, -0.15) is 0 Å². The molecule has 0 spiro atoms. The molecule has 2 aromatic heterocycles. The Kier molecular flexibility index (Phi) is 4.29. The molecule has 6 nitrogen and oxygen atoms in total. The lowest BCUT2D eigenvalue weighted by Gasteiger charge is -2.04. The number of hydrogen-bond donors (Lipinski definition) is 2. The number of benzene rings is 1. The summed E-state index contributed by atoms with van der Waals surface area (Å²) in [5.74, 6) is 1.17. The first-order valence-electron chi connectivity index (χ1n) is 7.02. The van der Waals surface area contributed by atoms with Crippen molar-refractivity contribution >= 4 is 33.9 Å². The van der Waals surface area contributed by atoms with E-state index in [2.05, 4.69) is 25.6 Å². The van der Waals surface area contributed by atoms with Crippen LogP contribution in [0.2, 0.25) is 0 Å². The summed E-state index contributed by atoms with van der Waals surface area (Å²) >= 11 is 1.27. The summed E-state index contributed by atoms with van der Waals surface area (Å²) in [5, 5.41) is 6.54. The number of carbonyl (C=O) groups excluding carboxylic acids is 1. The molecule has 2 heterocycles. The van der Waals surface area contributed by atoms with Crippen LogP contribution in [0.15, 0.2) is 42.6 Å². The number of nitrogens with one attached hydrogen (secondary N) is 2. The van der Waals surface area contributed by atoms with Crippen molar-refractivity contribution in [3.63, 3.8) is 0 Å². The summed E-state index contributed by atoms with van der Waals surface area (Å²) < 4.78 is 0. The first kappa shape index (κ1) is 15.1. The molecule has 116 valence electrons. The Labute approximate surface area is 137 Å². The molecule has 0 bridgehead atoms. The lowest BCUT2D eigenvalue weighted by Crippen LogP contribution is -2.09. The van der Waals surface area contributed by atoms with Gasteiger partial charge in [0.2, 0.25) is 0 Å². The molecule has 1 amide bonds. The second kappa shape index (κ2) is 6.53. The van der Waals surface area contributed by atoms with Crippen LogP contribution in [0.4, 0.5) is 16.6 Å². The minimum atomic E-state index is -0.184. The van der Waals surface area contributed by atoms with Crippen molar-refractivity contribution in [1.82, 2.24) is 15.0 Å². The van der Waals surface area contributed by atoms with Gasteiger partial charge in [-0.15, -0.1) is 0 Å². The summed E-state index contributed by atoms with van der Waals surface area (Å²) in [4.78, 5) is 25.5. The van der Waals surface area contributed by atoms with Gasteiger partial charge in [0.25, 0.3) is 5.91 Å². The average molecular weight is 325 g/mol. The van der Waals surface area contributed by atoms with Crippen molar-refractivity contribution in [2.24, 2.45) is 0 Å². The van der Waals surface area contributed by atoms with Gasteiger partial charge in [-0.1, -0.05) is 29.5 Å². The van der Waals surface area contributed by atoms with Gasteiger partial charge < -0.3 is 10.6 Å². The smallest absolute Gasteiger partial charge is 0.267 e. The maximum atomic E-state index is 12.2. The van der Waals surface area contributed by atoms with E-state index in [1.807, 2.05) is 50.2 Å². The van der Waals surface area contributed by atoms with Crippen molar-refractivity contribution in [3.05, 3.63) is 59.0 Å². The lowest BCUT2D eigenvalue weighted by molar-refractivity contribution is 0.103. The topological polar surface area (TPSA) is 79.8 Å². The Bertz CT molecular complexity index is 811. The zero-order chi connectivity index (χ0) is 16.2. The first-order valence-corrected chi connectivity index (χ1v) is 7.83. The molecule has 3 aromatic rings. The molecule has 0 saturated heterocycles. The van der Waals surface area contributed by atoms with Gasteiger partial charge in [-0.05, 0) is 26.0 Å². The third kappa shape index (κ3) is 3.89. The monoisotopic (exact) mass is 325 g/mol. The molecule has 23 heavy (non-hydrogen) atoms. The Hall–Kier alpha value is -2.80. The molecule has 0 aliphatic heterocycles. The largest absolute Gasteiger partial charge is 0.321 e. The second-order valence-corrected chi connectivity index (χ2v) is 5.95. The number of thiazole rings is 1. The van der Waals surface area contributed by atoms with Crippen LogP contribution >= 0.6 is 11.3 Å². The van der Waals surface area contributed by atoms with Gasteiger partial charge in [0.05, 0.1) is 6.20 Å². The first-order chi connectivity index (χ1) is 11.1. The highest BCUT2D eigenvalue weighted by atomic mass is 32.1. The zero-order valence-electron chi connectivity index (χ0n) is 12.7. The minimum absolute atomic E-state index is 0.184. The van der Waals surface area contributed by atoms with Crippen molar-refractivity contribution in [2.75, 3.05) is 10.6 Å². The van der Waals surface area contributed by atoms with E-state index in [1.165, 1.54) is 11.3 Å². The molecule has 0 unspecified atom stereocenters. The summed E-state index contributed by atoms with van der Waals surface area (Å²) in [6.45, 7) is 3.74. The molecule has 0 atom stereocenters. The summed E-state index contributed by atoms with van der Waals surface area (Å²) in [5.41, 5.74) is 1.63. The van der Waals surface area contributed by atoms with E-state index in [-0.39, 0.29) is 5.91 Å². The fraction of sp³-hybridized carbons (Fsp3) is 0.125. The number of nitrogens with zero attached hydrogens (tertiary/aromatic N) is 3. The highest BCUT2D eigenvalue weighted by Gasteiger charge is 2.11. The number of aromatic nitrogens is 3. The number of aryl methyl sites for hydroxylation is 2. The Morgan fingerprint density at radius 3 is 2.65 bits per heavy atom. The molecule has 0 aliphatic rings. The number of anilines is 3. The minimum Gasteiger partial charge on any atom is -0.321 e. The molecule has 3 rings (SSSR count). The van der Waals surface area contributed by atoms with Crippen molar-refractivity contribution in [3.8, 4) is 0 Å². The molecule has 1 aromatic carbocycles. The summed E-state index contributed by atoms with van der Waals surface area (Å²) in [7, 11) is 0. The van der Waals surface area contributed by atoms with Crippen molar-refractivity contribution < 1.29 is 4.79 Å². The van der Waals surface area contributed by atoms with Gasteiger partial charge in [0.15, 0.2) is 5.13 Å². The van der Waals surface area contributed by atoms with Crippen LogP contribution < -0.4 is 10.6 Å². The highest BCUT2D eigenvalue weighted by Crippen LogP contribution is 2.22. The molecule has 2 N–H and O–H groups in total. The van der Waals surface area contributed by atoms with Gasteiger partial charge in [0.1, 0.15) is 16.5 Å². The molecular weight excluding hydrogens is 310 g/mol. The standard InChI is InChI=1S/C16H15N5OS/c1-10-8-14(19-11(2)18-10)21-16-17-9-13(23-16)15(22)20-12-6-4-3-5-7-12/h3-9H,1-2H3,(H,20,22)(H,17,18,19,21). The van der Waals surface area contributed by atoms with Crippen LogP contribution in [0.5, 0.6) is 0 Å². The van der Waals surface area contributed by atoms with Gasteiger partial charge in [-0.25, -0.2) is 15.0 Å². The molecule has 0 radical (unpaired) electrons. The van der Waals surface area contributed by atoms with E-state index in [0.717, 1.165) is 11.4 Å². The molecule has 0 fully saturated rings. The van der Waals surface area contributed by atoms with E-state index in [4.69, 9.17) is 0 Å². The summed E-state index contributed by atoms with van der Waals surface area (Å²) in [6.07, 6.45) is 1.55. The van der Waals surface area contributed by atoms with Crippen LogP contribution in [-0.4, -0.2) is 20.9 Å². The predicted molar refractivity (Wildman–Crippen MR) is 91.3 cm³/mol. The summed E-state index contributed by atoms with van der Waals surface area (Å²) in [6, 6.07) is 11.1. The third-order valence-electron chi connectivity index (χ3n) is 2.96. The van der Waals surface area contributed by atoms with E-state index >= 15 is 0 Å². The number of amides is 1. The van der Waals surface area contributed by atoms with Gasteiger partial charge in [0, 0.05) is 17.4 Å². The Balaban J connectivity index is 1.71. The second-order valence-electron chi connectivity index (χ2n) is 4.92. The SMILES string of the molecule is Cc1cc(Nc2ncc(C(=O)Nc3ccccc3)s2)nc(C)n1. The highest BCUT2D eigenvalue weighted by molar-refractivity contribution is 7.17. The molecule has 0 aliphatic carbocycles. The fourth-order valence-electron chi connectivity index (χ4n) is 2.04. The van der Waals surface area contributed by atoms with Gasteiger partial charge >= 0.3 is 0 Å². The van der Waals surface area contributed by atoms with Crippen molar-refractivity contribution in [1.29, 1.82) is 0 Å². The lowest BCUT2D eigenvalue weighted by atomic mass is 10.3. The number of para-hydroxylation sites is 1. The molecular formula is C16H15N5OS. The zero-order valence-corrected chi connectivity index (χ0v) is 13.5. The van der Waals surface area contributed by atoms with Crippen LogP contribution in [-0.2, 0) is 0 Å². The maximum Gasteiger partial charge on any atom is 0.267 e. The quantitative estimate of drug-likeness (QED) is 0.767. The van der Waals surface area contributed by atoms with Crippen LogP contribution in [0.3, 0.4) is 0 Å². The number of hydrogen-bond acceptors (Lipinski definition) is 6. The average Bonchev–Trinajstić information content (AvgIpc) is 2.96. The molecule has 0 saturated carbocycles. The fourth-order valence-corrected chi connectivity index (χ4v) is 2.76. The van der Waals surface area contributed by atoms with Gasteiger partial charge in [-0.3, -0.25) is 4.79 Å². The van der Waals surface area contributed by atoms with E-state index < -0.39 is 0 Å². The predicted octanol–water partition coefficient (Wildman–Crippen LogP) is 3.55. The van der Waals surface area contributed by atoms with E-state index in [0.29, 0.717) is 21.7 Å². The van der Waals surface area contributed by atoms with Crippen LogP contribution in [0, 0.1) is 13.8 Å². The third-order valence-corrected chi connectivity index (χ3v) is 3.87. The van der Waals surface area contributed by atoms with E-state index in [1.54, 1.807) is 6.20 Å². The van der Waals surface area contributed by atoms with Crippen LogP contribution in [0.1, 0.15) is 21.2 Å². The Morgan fingerprint density at radius 2 is 1.91 bits per heavy atom. The van der Waals surface area contributed by atoms with Crippen LogP contribution in [0.25, 0.3) is 0 Å². The number of carbonyl (C=O) groups is 1.